The molecule has 2 aromatic rings. The maximum Gasteiger partial charge on any atom is 0.416 e. The Kier molecular flexibility index (Phi) is 6.54. The first-order valence-corrected chi connectivity index (χ1v) is 8.44. The van der Waals surface area contributed by atoms with Gasteiger partial charge in [0, 0.05) is 6.20 Å². The molecule has 146 valence electrons. The fourth-order valence-electron chi connectivity index (χ4n) is 2.28. The van der Waals surface area contributed by atoms with Crippen LogP contribution >= 0.6 is 11.6 Å². The van der Waals surface area contributed by atoms with E-state index in [1.807, 2.05) is 0 Å². The number of ether oxygens (including phenoxy) is 1. The van der Waals surface area contributed by atoms with Gasteiger partial charge in [0.25, 0.3) is 0 Å². The Morgan fingerprint density at radius 2 is 1.96 bits per heavy atom. The summed E-state index contributed by atoms with van der Waals surface area (Å²) in [5.41, 5.74) is -0.420. The number of hydrogen-bond donors (Lipinski definition) is 2. The van der Waals surface area contributed by atoms with Crippen LogP contribution in [0.2, 0.25) is 5.02 Å². The van der Waals surface area contributed by atoms with E-state index in [1.165, 1.54) is 0 Å². The number of H-pyrrole nitrogens is 1. The number of carbonyl (C=O) groups excluding carboxylic acids is 2. The maximum atomic E-state index is 12.7. The van der Waals surface area contributed by atoms with Gasteiger partial charge in [-0.2, -0.15) is 13.2 Å². The number of carbonyl (C=O) groups is 2. The van der Waals surface area contributed by atoms with E-state index >= 15 is 0 Å². The van der Waals surface area contributed by atoms with Crippen molar-refractivity contribution in [1.29, 1.82) is 0 Å². The SMILES string of the molecule is CC(C)[C@@H](Nc1ccc(C(F)(F)F)cc1Cl)C(=O)OCC(=O)c1ccc[nH]1. The zero-order valence-corrected chi connectivity index (χ0v) is 15.3. The van der Waals surface area contributed by atoms with Gasteiger partial charge >= 0.3 is 12.1 Å². The lowest BCUT2D eigenvalue weighted by Crippen LogP contribution is -2.37. The maximum absolute atomic E-state index is 12.7. The summed E-state index contributed by atoms with van der Waals surface area (Å²) in [6.45, 7) is 3.00. The number of halogens is 4. The summed E-state index contributed by atoms with van der Waals surface area (Å²) in [4.78, 5) is 26.9. The normalized spacial score (nSPS) is 12.7. The average molecular weight is 403 g/mol. The van der Waals surface area contributed by atoms with Crippen LogP contribution in [0, 0.1) is 5.92 Å². The van der Waals surface area contributed by atoms with Crippen LogP contribution in [0.4, 0.5) is 18.9 Å². The second-order valence-electron chi connectivity index (χ2n) is 6.17. The topological polar surface area (TPSA) is 71.2 Å². The number of hydrogen-bond acceptors (Lipinski definition) is 4. The van der Waals surface area contributed by atoms with Crippen LogP contribution in [0.3, 0.4) is 0 Å². The molecule has 2 N–H and O–H groups in total. The van der Waals surface area contributed by atoms with Gasteiger partial charge in [-0.15, -0.1) is 0 Å². The van der Waals surface area contributed by atoms with Gasteiger partial charge in [0.1, 0.15) is 6.04 Å². The third kappa shape index (κ3) is 5.50. The number of nitrogens with one attached hydrogen (secondary N) is 2. The van der Waals surface area contributed by atoms with Crippen molar-refractivity contribution in [3.63, 3.8) is 0 Å². The van der Waals surface area contributed by atoms with Crippen molar-refractivity contribution in [3.05, 3.63) is 52.8 Å². The van der Waals surface area contributed by atoms with Crippen LogP contribution in [0.15, 0.2) is 36.5 Å². The molecule has 0 saturated heterocycles. The fourth-order valence-corrected chi connectivity index (χ4v) is 2.52. The third-order valence-electron chi connectivity index (χ3n) is 3.77. The summed E-state index contributed by atoms with van der Waals surface area (Å²) < 4.78 is 43.2. The highest BCUT2D eigenvalue weighted by Crippen LogP contribution is 2.34. The molecule has 0 saturated carbocycles. The Bertz CT molecular complexity index is 805. The van der Waals surface area contributed by atoms with Crippen molar-refractivity contribution in [1.82, 2.24) is 4.98 Å². The van der Waals surface area contributed by atoms with Crippen molar-refractivity contribution in [2.45, 2.75) is 26.1 Å². The Balaban J connectivity index is 2.06. The zero-order valence-electron chi connectivity index (χ0n) is 14.6. The minimum atomic E-state index is -4.52. The van der Waals surface area contributed by atoms with Gasteiger partial charge in [0.05, 0.1) is 22.0 Å². The molecule has 0 aliphatic heterocycles. The number of rotatable bonds is 7. The molecule has 9 heteroatoms. The van der Waals surface area contributed by atoms with Crippen LogP contribution in [0.25, 0.3) is 0 Å². The monoisotopic (exact) mass is 402 g/mol. The molecule has 0 bridgehead atoms. The Hall–Kier alpha value is -2.48. The Labute approximate surface area is 158 Å². The molecule has 0 fully saturated rings. The van der Waals surface area contributed by atoms with Crippen LogP contribution in [-0.2, 0) is 15.7 Å². The summed E-state index contributed by atoms with van der Waals surface area (Å²) in [5.74, 6) is -1.37. The van der Waals surface area contributed by atoms with E-state index in [4.69, 9.17) is 16.3 Å². The smallest absolute Gasteiger partial charge is 0.416 e. The molecule has 0 radical (unpaired) electrons. The number of esters is 1. The highest BCUT2D eigenvalue weighted by molar-refractivity contribution is 6.33. The minimum absolute atomic E-state index is 0.163. The standard InChI is InChI=1S/C18H18ClF3N2O3/c1-10(2)16(17(26)27-9-15(25)14-4-3-7-23-14)24-13-6-5-11(8-12(13)19)18(20,21)22/h3-8,10,16,23-24H,9H2,1-2H3/t16-/m1/s1. The lowest BCUT2D eigenvalue weighted by molar-refractivity contribution is -0.144. The van der Waals surface area contributed by atoms with Gasteiger partial charge < -0.3 is 15.0 Å². The quantitative estimate of drug-likeness (QED) is 0.526. The number of aromatic nitrogens is 1. The molecule has 1 atom stereocenters. The molecule has 2 rings (SSSR count). The molecule has 0 aliphatic rings. The largest absolute Gasteiger partial charge is 0.456 e. The van der Waals surface area contributed by atoms with E-state index in [9.17, 15) is 22.8 Å². The first kappa shape index (κ1) is 20.8. The second kappa shape index (κ2) is 8.47. The van der Waals surface area contributed by atoms with Gasteiger partial charge in [0.2, 0.25) is 5.78 Å². The number of Topliss-reactive ketones (excluding diaryl/α,β-unsaturated/α-hetero) is 1. The minimum Gasteiger partial charge on any atom is -0.456 e. The third-order valence-corrected chi connectivity index (χ3v) is 4.08. The van der Waals surface area contributed by atoms with Crippen molar-refractivity contribution >= 4 is 29.0 Å². The van der Waals surface area contributed by atoms with E-state index < -0.39 is 36.1 Å². The lowest BCUT2D eigenvalue weighted by Gasteiger charge is -2.22. The summed E-state index contributed by atoms with van der Waals surface area (Å²) >= 11 is 5.91. The number of aromatic amines is 1. The Morgan fingerprint density at radius 1 is 1.26 bits per heavy atom. The van der Waals surface area contributed by atoms with E-state index in [2.05, 4.69) is 10.3 Å². The molecular formula is C18H18ClF3N2O3. The lowest BCUT2D eigenvalue weighted by atomic mass is 10.0. The molecule has 27 heavy (non-hydrogen) atoms. The van der Waals surface area contributed by atoms with Gasteiger partial charge in [-0.05, 0) is 36.2 Å². The Morgan fingerprint density at radius 3 is 2.48 bits per heavy atom. The number of anilines is 1. The molecule has 0 aliphatic carbocycles. The van der Waals surface area contributed by atoms with Crippen LogP contribution in [0.1, 0.15) is 29.9 Å². The average Bonchev–Trinajstić information content (AvgIpc) is 3.11. The number of alkyl halides is 3. The predicted molar refractivity (Wildman–Crippen MR) is 94.8 cm³/mol. The van der Waals surface area contributed by atoms with E-state index in [1.54, 1.807) is 32.2 Å². The van der Waals surface area contributed by atoms with Gasteiger partial charge in [-0.25, -0.2) is 4.79 Å². The summed E-state index contributed by atoms with van der Waals surface area (Å²) in [6, 6.07) is 5.09. The summed E-state index contributed by atoms with van der Waals surface area (Å²) in [7, 11) is 0. The molecule has 5 nitrogen and oxygen atoms in total. The highest BCUT2D eigenvalue weighted by Gasteiger charge is 2.31. The van der Waals surface area contributed by atoms with Crippen LogP contribution < -0.4 is 5.32 Å². The first-order valence-electron chi connectivity index (χ1n) is 8.06. The van der Waals surface area contributed by atoms with E-state index in [-0.39, 0.29) is 16.6 Å². The molecule has 0 spiro atoms. The van der Waals surface area contributed by atoms with Crippen molar-refractivity contribution < 1.29 is 27.5 Å². The first-order chi connectivity index (χ1) is 12.6. The van der Waals surface area contributed by atoms with Crippen LogP contribution in [-0.4, -0.2) is 29.4 Å². The predicted octanol–water partition coefficient (Wildman–Crippen LogP) is 4.55. The molecular weight excluding hydrogens is 385 g/mol. The molecule has 1 aromatic carbocycles. The molecule has 1 heterocycles. The van der Waals surface area contributed by atoms with E-state index in [0.29, 0.717) is 5.69 Å². The molecule has 0 unspecified atom stereocenters. The van der Waals surface area contributed by atoms with Crippen molar-refractivity contribution in [2.24, 2.45) is 5.92 Å². The zero-order chi connectivity index (χ0) is 20.2. The van der Waals surface area contributed by atoms with Gasteiger partial charge in [0.15, 0.2) is 6.61 Å². The van der Waals surface area contributed by atoms with E-state index in [0.717, 1.165) is 18.2 Å². The van der Waals surface area contributed by atoms with Crippen molar-refractivity contribution in [3.8, 4) is 0 Å². The second-order valence-corrected chi connectivity index (χ2v) is 6.58. The fraction of sp³-hybridized carbons (Fsp3) is 0.333. The van der Waals surface area contributed by atoms with Crippen molar-refractivity contribution in [2.75, 3.05) is 11.9 Å². The molecule has 1 aromatic heterocycles. The number of ketones is 1. The summed E-state index contributed by atoms with van der Waals surface area (Å²) in [5, 5.41) is 2.62. The highest BCUT2D eigenvalue weighted by atomic mass is 35.5. The van der Waals surface area contributed by atoms with Crippen LogP contribution in [0.5, 0.6) is 0 Å². The van der Waals surface area contributed by atoms with Gasteiger partial charge in [-0.1, -0.05) is 25.4 Å². The van der Waals surface area contributed by atoms with Gasteiger partial charge in [-0.3, -0.25) is 4.79 Å². The summed E-state index contributed by atoms with van der Waals surface area (Å²) in [6.07, 6.45) is -2.95. The molecule has 0 amide bonds. The number of benzene rings is 1.